The van der Waals surface area contributed by atoms with Crippen LogP contribution in [0.4, 0.5) is 0 Å². The first kappa shape index (κ1) is 12.5. The summed E-state index contributed by atoms with van der Waals surface area (Å²) in [6, 6.07) is 3.97. The second-order valence-electron chi connectivity index (χ2n) is 5.35. The van der Waals surface area contributed by atoms with Crippen molar-refractivity contribution < 1.29 is 19.4 Å². The Balaban J connectivity index is 2.05. The third-order valence-electron chi connectivity index (χ3n) is 4.09. The Bertz CT molecular complexity index is 505. The average molecular weight is 262 g/mol. The van der Waals surface area contributed by atoms with E-state index in [1.165, 1.54) is 5.56 Å². The first-order chi connectivity index (χ1) is 9.20. The fraction of sp³-hybridized carbons (Fsp3) is 0.533. The van der Waals surface area contributed by atoms with Crippen molar-refractivity contribution in [2.24, 2.45) is 5.92 Å². The quantitative estimate of drug-likeness (QED) is 0.886. The molecule has 1 saturated carbocycles. The molecule has 1 aliphatic heterocycles. The van der Waals surface area contributed by atoms with Gasteiger partial charge in [-0.3, -0.25) is 4.79 Å². The summed E-state index contributed by atoms with van der Waals surface area (Å²) in [6.07, 6.45) is 2.41. The molecule has 0 aromatic heterocycles. The molecule has 4 nitrogen and oxygen atoms in total. The monoisotopic (exact) mass is 262 g/mol. The molecule has 1 fully saturated rings. The van der Waals surface area contributed by atoms with Crippen LogP contribution in [0.5, 0.6) is 5.75 Å². The van der Waals surface area contributed by atoms with Crippen LogP contribution in [-0.4, -0.2) is 18.2 Å². The van der Waals surface area contributed by atoms with Crippen molar-refractivity contribution in [3.05, 3.63) is 28.8 Å². The molecular weight excluding hydrogens is 244 g/mol. The molecule has 102 valence electrons. The predicted octanol–water partition coefficient (Wildman–Crippen LogP) is 2.69. The Morgan fingerprint density at radius 3 is 2.89 bits per heavy atom. The fourth-order valence-electron chi connectivity index (χ4n) is 3.03. The molecular formula is C15H18O4. The van der Waals surface area contributed by atoms with Gasteiger partial charge in [-0.15, -0.1) is 0 Å². The van der Waals surface area contributed by atoms with Crippen molar-refractivity contribution in [2.45, 2.75) is 38.4 Å². The van der Waals surface area contributed by atoms with Crippen molar-refractivity contribution in [3.8, 4) is 5.75 Å². The standard InChI is InChI=1S/C15H18O4/c1-18-13-5-4-10-7-19-8-12(10)15(13)11(6-14(16)17)9-2-3-9/h4-5,9,11H,2-3,6-8H2,1H3,(H,16,17). The van der Waals surface area contributed by atoms with Crippen molar-refractivity contribution in [1.82, 2.24) is 0 Å². The topological polar surface area (TPSA) is 55.8 Å². The minimum absolute atomic E-state index is 0.0594. The maximum absolute atomic E-state index is 11.1. The van der Waals surface area contributed by atoms with Crippen LogP contribution >= 0.6 is 0 Å². The molecule has 0 bridgehead atoms. The number of methoxy groups -OCH3 is 1. The Morgan fingerprint density at radius 2 is 2.26 bits per heavy atom. The van der Waals surface area contributed by atoms with Gasteiger partial charge in [-0.1, -0.05) is 6.07 Å². The molecule has 1 unspecified atom stereocenters. The summed E-state index contributed by atoms with van der Waals surface area (Å²) in [5, 5.41) is 9.16. The molecule has 19 heavy (non-hydrogen) atoms. The lowest BCUT2D eigenvalue weighted by Gasteiger charge is -2.21. The summed E-state index contributed by atoms with van der Waals surface area (Å²) >= 11 is 0. The highest BCUT2D eigenvalue weighted by molar-refractivity contribution is 5.69. The highest BCUT2D eigenvalue weighted by Crippen LogP contribution is 2.49. The largest absolute Gasteiger partial charge is 0.496 e. The lowest BCUT2D eigenvalue weighted by molar-refractivity contribution is -0.137. The van der Waals surface area contributed by atoms with E-state index in [1.54, 1.807) is 7.11 Å². The van der Waals surface area contributed by atoms with E-state index < -0.39 is 5.97 Å². The van der Waals surface area contributed by atoms with E-state index in [4.69, 9.17) is 14.6 Å². The van der Waals surface area contributed by atoms with Gasteiger partial charge in [0.2, 0.25) is 0 Å². The number of benzene rings is 1. The second-order valence-corrected chi connectivity index (χ2v) is 5.35. The zero-order valence-electron chi connectivity index (χ0n) is 11.0. The molecule has 2 aliphatic rings. The summed E-state index contributed by atoms with van der Waals surface area (Å²) in [5.41, 5.74) is 3.40. The smallest absolute Gasteiger partial charge is 0.303 e. The average Bonchev–Trinajstić information content (AvgIpc) is 3.12. The van der Waals surface area contributed by atoms with Crippen LogP contribution in [0.15, 0.2) is 12.1 Å². The lowest BCUT2D eigenvalue weighted by Crippen LogP contribution is -2.12. The molecule has 1 atom stereocenters. The minimum Gasteiger partial charge on any atom is -0.496 e. The van der Waals surface area contributed by atoms with Gasteiger partial charge in [-0.05, 0) is 36.0 Å². The number of hydrogen-bond acceptors (Lipinski definition) is 3. The van der Waals surface area contributed by atoms with E-state index in [0.717, 1.165) is 29.7 Å². The molecule has 1 aromatic rings. The maximum atomic E-state index is 11.1. The van der Waals surface area contributed by atoms with Gasteiger partial charge in [0.25, 0.3) is 0 Å². The molecule has 1 aliphatic carbocycles. The normalized spacial score (nSPS) is 19.0. The number of ether oxygens (including phenoxy) is 2. The maximum Gasteiger partial charge on any atom is 0.303 e. The van der Waals surface area contributed by atoms with Crippen LogP contribution in [-0.2, 0) is 22.7 Å². The van der Waals surface area contributed by atoms with Crippen LogP contribution in [0, 0.1) is 5.92 Å². The van der Waals surface area contributed by atoms with E-state index in [1.807, 2.05) is 12.1 Å². The van der Waals surface area contributed by atoms with Gasteiger partial charge in [-0.25, -0.2) is 0 Å². The van der Waals surface area contributed by atoms with Gasteiger partial charge in [0.1, 0.15) is 5.75 Å². The first-order valence-electron chi connectivity index (χ1n) is 6.69. The zero-order valence-corrected chi connectivity index (χ0v) is 11.0. The Kier molecular flexibility index (Phi) is 3.19. The molecule has 4 heteroatoms. The van der Waals surface area contributed by atoms with Gasteiger partial charge in [0.15, 0.2) is 0 Å². The van der Waals surface area contributed by atoms with Crippen LogP contribution in [0.2, 0.25) is 0 Å². The number of carboxylic acids is 1. The number of aliphatic carboxylic acids is 1. The Morgan fingerprint density at radius 1 is 1.47 bits per heavy atom. The number of fused-ring (bicyclic) bond motifs is 1. The van der Waals surface area contributed by atoms with E-state index >= 15 is 0 Å². The van der Waals surface area contributed by atoms with Gasteiger partial charge < -0.3 is 14.6 Å². The summed E-state index contributed by atoms with van der Waals surface area (Å²) in [4.78, 5) is 11.1. The highest BCUT2D eigenvalue weighted by atomic mass is 16.5. The zero-order chi connectivity index (χ0) is 13.4. The molecule has 1 heterocycles. The van der Waals surface area contributed by atoms with Gasteiger partial charge in [0, 0.05) is 11.5 Å². The molecule has 0 amide bonds. The minimum atomic E-state index is -0.740. The van der Waals surface area contributed by atoms with Crippen molar-refractivity contribution in [3.63, 3.8) is 0 Å². The summed E-state index contributed by atoms with van der Waals surface area (Å²) in [5.74, 6) is 0.610. The van der Waals surface area contributed by atoms with E-state index in [9.17, 15) is 4.79 Å². The molecule has 0 radical (unpaired) electrons. The summed E-state index contributed by atoms with van der Waals surface area (Å²) < 4.78 is 11.0. The molecule has 0 saturated heterocycles. The number of carboxylic acid groups (broad SMARTS) is 1. The molecule has 1 aromatic carbocycles. The Hall–Kier alpha value is -1.55. The Labute approximate surface area is 112 Å². The number of hydrogen-bond donors (Lipinski definition) is 1. The van der Waals surface area contributed by atoms with Crippen LogP contribution in [0.3, 0.4) is 0 Å². The predicted molar refractivity (Wildman–Crippen MR) is 69.2 cm³/mol. The van der Waals surface area contributed by atoms with Crippen molar-refractivity contribution >= 4 is 5.97 Å². The molecule has 0 spiro atoms. The number of rotatable bonds is 5. The third kappa shape index (κ3) is 2.32. The highest BCUT2D eigenvalue weighted by Gasteiger charge is 2.37. The summed E-state index contributed by atoms with van der Waals surface area (Å²) in [7, 11) is 1.64. The van der Waals surface area contributed by atoms with Crippen LogP contribution in [0.1, 0.15) is 41.9 Å². The van der Waals surface area contributed by atoms with E-state index in [-0.39, 0.29) is 12.3 Å². The van der Waals surface area contributed by atoms with Crippen LogP contribution in [0.25, 0.3) is 0 Å². The second kappa shape index (κ2) is 4.85. The lowest BCUT2D eigenvalue weighted by atomic mass is 9.85. The number of carbonyl (C=O) groups is 1. The first-order valence-corrected chi connectivity index (χ1v) is 6.69. The third-order valence-corrected chi connectivity index (χ3v) is 4.09. The van der Waals surface area contributed by atoms with E-state index in [2.05, 4.69) is 0 Å². The van der Waals surface area contributed by atoms with E-state index in [0.29, 0.717) is 19.1 Å². The van der Waals surface area contributed by atoms with Crippen molar-refractivity contribution in [1.29, 1.82) is 0 Å². The van der Waals surface area contributed by atoms with Crippen molar-refractivity contribution in [2.75, 3.05) is 7.11 Å². The molecule has 3 rings (SSSR count). The molecule has 1 N–H and O–H groups in total. The van der Waals surface area contributed by atoms with Crippen LogP contribution < -0.4 is 4.74 Å². The van der Waals surface area contributed by atoms with Gasteiger partial charge >= 0.3 is 5.97 Å². The SMILES string of the molecule is COc1ccc2c(c1C(CC(=O)O)C1CC1)COC2. The summed E-state index contributed by atoms with van der Waals surface area (Å²) in [6.45, 7) is 1.20. The van der Waals surface area contributed by atoms with Gasteiger partial charge in [-0.2, -0.15) is 0 Å². The fourth-order valence-corrected chi connectivity index (χ4v) is 3.03. The van der Waals surface area contributed by atoms with Gasteiger partial charge in [0.05, 0.1) is 26.7 Å².